The van der Waals surface area contributed by atoms with Gasteiger partial charge in [0, 0.05) is 11.7 Å². The summed E-state index contributed by atoms with van der Waals surface area (Å²) in [6.07, 6.45) is 5.18. The molecule has 0 saturated carbocycles. The van der Waals surface area contributed by atoms with Gasteiger partial charge in [0.05, 0.1) is 11.9 Å². The van der Waals surface area contributed by atoms with Gasteiger partial charge in [-0.2, -0.15) is 5.10 Å². The molecule has 0 saturated heterocycles. The molecule has 1 rings (SSSR count). The molecule has 0 unspecified atom stereocenters. The maximum atomic E-state index is 11.5. The van der Waals surface area contributed by atoms with Gasteiger partial charge in [-0.25, -0.2) is 4.79 Å². The summed E-state index contributed by atoms with van der Waals surface area (Å²) < 4.78 is 0. The Morgan fingerprint density at radius 1 is 1.60 bits per heavy atom. The van der Waals surface area contributed by atoms with Crippen LogP contribution in [0.4, 0.5) is 10.5 Å². The molecule has 0 radical (unpaired) electrons. The Morgan fingerprint density at radius 2 is 2.33 bits per heavy atom. The van der Waals surface area contributed by atoms with E-state index in [9.17, 15) is 4.79 Å². The summed E-state index contributed by atoms with van der Waals surface area (Å²) >= 11 is 0. The number of aromatic amines is 1. The summed E-state index contributed by atoms with van der Waals surface area (Å²) in [5.74, 6) is 0. The van der Waals surface area contributed by atoms with Crippen molar-refractivity contribution in [2.24, 2.45) is 0 Å². The van der Waals surface area contributed by atoms with Crippen molar-refractivity contribution in [2.45, 2.75) is 39.2 Å². The topological polar surface area (TPSA) is 69.8 Å². The number of nitrogens with zero attached hydrogens (tertiary/aromatic N) is 1. The van der Waals surface area contributed by atoms with Crippen molar-refractivity contribution >= 4 is 11.7 Å². The number of hydrogen-bond donors (Lipinski definition) is 3. The van der Waals surface area contributed by atoms with Crippen LogP contribution in [0.15, 0.2) is 12.4 Å². The van der Waals surface area contributed by atoms with E-state index in [1.807, 2.05) is 13.8 Å². The van der Waals surface area contributed by atoms with Crippen LogP contribution in [0, 0.1) is 0 Å². The molecule has 1 aromatic rings. The van der Waals surface area contributed by atoms with Crippen molar-refractivity contribution in [3.63, 3.8) is 0 Å². The molecular weight excluding hydrogens is 192 g/mol. The van der Waals surface area contributed by atoms with Gasteiger partial charge < -0.3 is 10.6 Å². The zero-order valence-corrected chi connectivity index (χ0v) is 9.42. The lowest BCUT2D eigenvalue weighted by molar-refractivity contribution is 0.239. The zero-order chi connectivity index (χ0) is 11.3. The SMILES string of the molecule is CCCC(C)(C)NC(=O)Nc1cn[nH]c1. The second kappa shape index (κ2) is 4.82. The zero-order valence-electron chi connectivity index (χ0n) is 9.42. The molecular formula is C10H18N4O. The minimum Gasteiger partial charge on any atom is -0.333 e. The van der Waals surface area contributed by atoms with Gasteiger partial charge in [0.1, 0.15) is 0 Å². The monoisotopic (exact) mass is 210 g/mol. The molecule has 2 amide bonds. The number of anilines is 1. The minimum absolute atomic E-state index is 0.178. The van der Waals surface area contributed by atoms with Gasteiger partial charge in [-0.15, -0.1) is 0 Å². The van der Waals surface area contributed by atoms with Crippen LogP contribution in [0.25, 0.3) is 0 Å². The summed E-state index contributed by atoms with van der Waals surface area (Å²) in [4.78, 5) is 11.5. The Bertz CT molecular complexity index is 305. The van der Waals surface area contributed by atoms with Crippen LogP contribution in [-0.2, 0) is 0 Å². The molecule has 84 valence electrons. The first-order chi connectivity index (χ1) is 7.03. The largest absolute Gasteiger partial charge is 0.333 e. The van der Waals surface area contributed by atoms with E-state index in [2.05, 4.69) is 27.8 Å². The lowest BCUT2D eigenvalue weighted by Gasteiger charge is -2.25. The summed E-state index contributed by atoms with van der Waals surface area (Å²) in [6, 6.07) is -0.199. The van der Waals surface area contributed by atoms with Crippen LogP contribution in [0.3, 0.4) is 0 Å². The first-order valence-corrected chi connectivity index (χ1v) is 5.11. The molecule has 0 spiro atoms. The number of aromatic nitrogens is 2. The van der Waals surface area contributed by atoms with E-state index in [-0.39, 0.29) is 11.6 Å². The molecule has 0 fully saturated rings. The maximum absolute atomic E-state index is 11.5. The predicted octanol–water partition coefficient (Wildman–Crippen LogP) is 2.11. The van der Waals surface area contributed by atoms with E-state index >= 15 is 0 Å². The third-order valence-electron chi connectivity index (χ3n) is 2.08. The highest BCUT2D eigenvalue weighted by molar-refractivity contribution is 5.89. The lowest BCUT2D eigenvalue weighted by atomic mass is 9.99. The average molecular weight is 210 g/mol. The third-order valence-corrected chi connectivity index (χ3v) is 2.08. The smallest absolute Gasteiger partial charge is 0.319 e. The second-order valence-electron chi connectivity index (χ2n) is 4.20. The van der Waals surface area contributed by atoms with Gasteiger partial charge in [0.15, 0.2) is 0 Å². The Labute approximate surface area is 89.6 Å². The van der Waals surface area contributed by atoms with Crippen molar-refractivity contribution in [3.05, 3.63) is 12.4 Å². The van der Waals surface area contributed by atoms with Crippen molar-refractivity contribution in [3.8, 4) is 0 Å². The lowest BCUT2D eigenvalue weighted by Crippen LogP contribution is -2.45. The highest BCUT2D eigenvalue weighted by Crippen LogP contribution is 2.11. The molecule has 0 aliphatic rings. The van der Waals surface area contributed by atoms with Gasteiger partial charge in [-0.1, -0.05) is 13.3 Å². The van der Waals surface area contributed by atoms with Crippen LogP contribution in [0.2, 0.25) is 0 Å². The second-order valence-corrected chi connectivity index (χ2v) is 4.20. The Morgan fingerprint density at radius 3 is 2.87 bits per heavy atom. The Kier molecular flexibility index (Phi) is 3.71. The van der Waals surface area contributed by atoms with Crippen LogP contribution in [-0.4, -0.2) is 21.8 Å². The van der Waals surface area contributed by atoms with Gasteiger partial charge in [-0.3, -0.25) is 5.10 Å². The van der Waals surface area contributed by atoms with Gasteiger partial charge >= 0.3 is 6.03 Å². The standard InChI is InChI=1S/C10H18N4O/c1-4-5-10(2,3)14-9(15)13-8-6-11-12-7-8/h6-7H,4-5H2,1-3H3,(H,11,12)(H2,13,14,15). The highest BCUT2D eigenvalue weighted by Gasteiger charge is 2.18. The van der Waals surface area contributed by atoms with E-state index in [1.54, 1.807) is 12.4 Å². The highest BCUT2D eigenvalue weighted by atomic mass is 16.2. The number of rotatable bonds is 4. The normalized spacial score (nSPS) is 11.1. The quantitative estimate of drug-likeness (QED) is 0.712. The summed E-state index contributed by atoms with van der Waals surface area (Å²) in [5.41, 5.74) is 0.488. The molecule has 15 heavy (non-hydrogen) atoms. The van der Waals surface area contributed by atoms with Gasteiger partial charge in [-0.05, 0) is 20.3 Å². The fourth-order valence-corrected chi connectivity index (χ4v) is 1.48. The van der Waals surface area contributed by atoms with Crippen molar-refractivity contribution < 1.29 is 4.79 Å². The number of hydrogen-bond acceptors (Lipinski definition) is 2. The summed E-state index contributed by atoms with van der Waals surface area (Å²) in [6.45, 7) is 6.11. The number of amides is 2. The molecule has 0 aliphatic carbocycles. The van der Waals surface area contributed by atoms with E-state index < -0.39 is 0 Å². The molecule has 0 atom stereocenters. The maximum Gasteiger partial charge on any atom is 0.319 e. The van der Waals surface area contributed by atoms with Crippen molar-refractivity contribution in [1.29, 1.82) is 0 Å². The first-order valence-electron chi connectivity index (χ1n) is 5.11. The van der Waals surface area contributed by atoms with Crippen molar-refractivity contribution in [1.82, 2.24) is 15.5 Å². The van der Waals surface area contributed by atoms with E-state index in [1.165, 1.54) is 0 Å². The molecule has 0 bridgehead atoms. The van der Waals surface area contributed by atoms with Crippen LogP contribution in [0.5, 0.6) is 0 Å². The van der Waals surface area contributed by atoms with Crippen LogP contribution >= 0.6 is 0 Å². The number of urea groups is 1. The molecule has 0 aliphatic heterocycles. The number of nitrogens with one attached hydrogen (secondary N) is 3. The average Bonchev–Trinajstić information content (AvgIpc) is 2.54. The number of carbonyl (C=O) groups is 1. The Hall–Kier alpha value is -1.52. The van der Waals surface area contributed by atoms with E-state index in [0.717, 1.165) is 12.8 Å². The van der Waals surface area contributed by atoms with E-state index in [0.29, 0.717) is 5.69 Å². The molecule has 5 heteroatoms. The minimum atomic E-state index is -0.199. The fourth-order valence-electron chi connectivity index (χ4n) is 1.48. The predicted molar refractivity (Wildman–Crippen MR) is 59.7 cm³/mol. The molecule has 3 N–H and O–H groups in total. The number of H-pyrrole nitrogens is 1. The molecule has 1 aromatic heterocycles. The van der Waals surface area contributed by atoms with Crippen LogP contribution < -0.4 is 10.6 Å². The summed E-state index contributed by atoms with van der Waals surface area (Å²) in [7, 11) is 0. The third kappa shape index (κ3) is 4.01. The molecule has 0 aromatic carbocycles. The number of carbonyl (C=O) groups excluding carboxylic acids is 1. The van der Waals surface area contributed by atoms with Crippen molar-refractivity contribution in [2.75, 3.05) is 5.32 Å². The van der Waals surface area contributed by atoms with Crippen LogP contribution in [0.1, 0.15) is 33.6 Å². The Balaban J connectivity index is 2.42. The fraction of sp³-hybridized carbons (Fsp3) is 0.600. The van der Waals surface area contributed by atoms with E-state index in [4.69, 9.17) is 0 Å². The van der Waals surface area contributed by atoms with Gasteiger partial charge in [0.25, 0.3) is 0 Å². The first kappa shape index (κ1) is 11.6. The molecule has 5 nitrogen and oxygen atoms in total. The summed E-state index contributed by atoms with van der Waals surface area (Å²) in [5, 5.41) is 12.0. The van der Waals surface area contributed by atoms with Gasteiger partial charge in [0.2, 0.25) is 0 Å². The molecule has 1 heterocycles.